The molecule has 0 fully saturated rings. The number of fused-ring (bicyclic) bond motifs is 2. The van der Waals surface area contributed by atoms with E-state index in [-0.39, 0.29) is 50.7 Å². The topological polar surface area (TPSA) is 18.5 Å². The quantitative estimate of drug-likeness (QED) is 0.101. The molecule has 0 atom stereocenters. The summed E-state index contributed by atoms with van der Waals surface area (Å²) >= 11 is 0. The molecule has 0 unspecified atom stereocenters. The van der Waals surface area contributed by atoms with Gasteiger partial charge in [0.1, 0.15) is 11.5 Å². The predicted octanol–water partition coefficient (Wildman–Crippen LogP) is 13.0. The average Bonchev–Trinajstić information content (AvgIpc) is 3.71. The minimum Gasteiger partial charge on any atom is -0.497 e. The molecule has 0 aliphatic rings. The number of ether oxygens (including phenoxy) is 2. The molecule has 0 aliphatic carbocycles. The van der Waals surface area contributed by atoms with Crippen molar-refractivity contribution in [3.63, 3.8) is 0 Å². The summed E-state index contributed by atoms with van der Waals surface area (Å²) in [6, 6.07) is 39.1. The smallest absolute Gasteiger partial charge is 0.497 e. The SMILES string of the molecule is CCCCc1cc2c(-c3ccc(OC)cc3)cccc2[cH-]1.CCCCc1cc2c(-c3ccc(OC)cc3)cccc2[cH-]1.Cl.Cl.[CH2-]C[CH2-].[Hf+4]. The van der Waals surface area contributed by atoms with Crippen LogP contribution in [0.5, 0.6) is 11.5 Å². The molecule has 2 nitrogen and oxygen atoms in total. The summed E-state index contributed by atoms with van der Waals surface area (Å²) in [7, 11) is 3.40. The molecule has 6 aromatic rings. The van der Waals surface area contributed by atoms with Crippen molar-refractivity contribution in [2.45, 2.75) is 58.8 Å². The van der Waals surface area contributed by atoms with Gasteiger partial charge in [-0.25, -0.2) is 0 Å². The fourth-order valence-electron chi connectivity index (χ4n) is 5.69. The van der Waals surface area contributed by atoms with Crippen LogP contribution in [0.2, 0.25) is 0 Å². The minimum absolute atomic E-state index is 0. The zero-order valence-corrected chi connectivity index (χ0v) is 34.1. The molecule has 0 heterocycles. The third kappa shape index (κ3) is 11.6. The van der Waals surface area contributed by atoms with Gasteiger partial charge in [0.15, 0.2) is 0 Å². The Morgan fingerprint density at radius 1 is 0.562 bits per heavy atom. The van der Waals surface area contributed by atoms with E-state index in [1.54, 1.807) is 14.2 Å². The molecule has 48 heavy (non-hydrogen) atoms. The standard InChI is InChI=1S/2C20H21O.C3H6.2ClH.Hf/c2*1-3-4-6-15-13-17-7-5-8-19(20(17)14-15)16-9-11-18(21-2)12-10-16;1-3-2;;;/h2*5,7-14H,3-4,6H2,1-2H3;1-3H2;2*1H;/q2*-1;-2;;;+4. The van der Waals surface area contributed by atoms with Crippen LogP contribution in [0, 0.1) is 13.8 Å². The van der Waals surface area contributed by atoms with E-state index in [1.807, 2.05) is 24.3 Å². The number of unbranched alkanes of at least 4 members (excludes halogenated alkanes) is 2. The number of rotatable bonds is 10. The van der Waals surface area contributed by atoms with Crippen molar-refractivity contribution < 1.29 is 35.3 Å². The third-order valence-electron chi connectivity index (χ3n) is 8.06. The molecule has 0 N–H and O–H groups in total. The first-order chi connectivity index (χ1) is 22.0. The largest absolute Gasteiger partial charge is 4.00 e. The zero-order chi connectivity index (χ0) is 32.0. The Hall–Kier alpha value is -2.85. The summed E-state index contributed by atoms with van der Waals surface area (Å²) in [6.07, 6.45) is 8.10. The zero-order valence-electron chi connectivity index (χ0n) is 28.9. The van der Waals surface area contributed by atoms with Gasteiger partial charge in [0, 0.05) is 0 Å². The monoisotopic (exact) mass is 848 g/mol. The van der Waals surface area contributed by atoms with Gasteiger partial charge in [-0.15, -0.1) is 93.9 Å². The summed E-state index contributed by atoms with van der Waals surface area (Å²) < 4.78 is 10.5. The normalized spacial score (nSPS) is 9.96. The Morgan fingerprint density at radius 2 is 0.917 bits per heavy atom. The Morgan fingerprint density at radius 3 is 1.23 bits per heavy atom. The third-order valence-corrected chi connectivity index (χ3v) is 8.06. The van der Waals surface area contributed by atoms with Gasteiger partial charge in [-0.05, 0) is 48.2 Å². The molecular formula is C43H50Cl2HfO2. The molecule has 0 aliphatic heterocycles. The number of aryl methyl sites for hydroxylation is 2. The minimum atomic E-state index is 0. The van der Waals surface area contributed by atoms with Crippen LogP contribution in [0.25, 0.3) is 43.8 Å². The Balaban J connectivity index is 0.000000420. The maximum Gasteiger partial charge on any atom is 4.00 e. The molecule has 252 valence electrons. The second kappa shape index (κ2) is 22.7. The first-order valence-electron chi connectivity index (χ1n) is 16.3. The van der Waals surface area contributed by atoms with Crippen LogP contribution in [-0.2, 0) is 38.7 Å². The Bertz CT molecular complexity index is 1600. The van der Waals surface area contributed by atoms with E-state index in [0.29, 0.717) is 0 Å². The fourth-order valence-corrected chi connectivity index (χ4v) is 5.69. The second-order valence-electron chi connectivity index (χ2n) is 11.4. The van der Waals surface area contributed by atoms with Gasteiger partial charge in [-0.3, -0.25) is 0 Å². The first kappa shape index (κ1) is 43.2. The molecule has 0 amide bonds. The van der Waals surface area contributed by atoms with Crippen molar-refractivity contribution >= 4 is 46.4 Å². The molecule has 0 bridgehead atoms. The van der Waals surface area contributed by atoms with Crippen LogP contribution in [0.3, 0.4) is 0 Å². The van der Waals surface area contributed by atoms with Gasteiger partial charge in [-0.1, -0.05) is 87.1 Å². The van der Waals surface area contributed by atoms with E-state index in [4.69, 9.17) is 9.47 Å². The van der Waals surface area contributed by atoms with Crippen molar-refractivity contribution in [2.75, 3.05) is 14.2 Å². The van der Waals surface area contributed by atoms with E-state index in [1.165, 1.54) is 93.5 Å². The van der Waals surface area contributed by atoms with Crippen LogP contribution in [0.15, 0.2) is 109 Å². The molecule has 0 radical (unpaired) electrons. The van der Waals surface area contributed by atoms with Crippen molar-refractivity contribution in [1.29, 1.82) is 0 Å². The summed E-state index contributed by atoms with van der Waals surface area (Å²) in [6.45, 7) is 11.2. The van der Waals surface area contributed by atoms with E-state index in [9.17, 15) is 0 Å². The van der Waals surface area contributed by atoms with Crippen LogP contribution in [0.1, 0.15) is 57.1 Å². The van der Waals surface area contributed by atoms with Crippen LogP contribution in [0.4, 0.5) is 0 Å². The number of methoxy groups -OCH3 is 2. The van der Waals surface area contributed by atoms with Gasteiger partial charge in [-0.2, -0.15) is 12.1 Å². The first-order valence-corrected chi connectivity index (χ1v) is 16.3. The van der Waals surface area contributed by atoms with Crippen molar-refractivity contribution in [3.8, 4) is 33.8 Å². The summed E-state index contributed by atoms with van der Waals surface area (Å²) in [4.78, 5) is 0. The van der Waals surface area contributed by atoms with Gasteiger partial charge >= 0.3 is 25.8 Å². The summed E-state index contributed by atoms with van der Waals surface area (Å²) in [5.41, 5.74) is 8.00. The average molecular weight is 848 g/mol. The van der Waals surface area contributed by atoms with E-state index in [2.05, 4.69) is 113 Å². The molecule has 5 heteroatoms. The van der Waals surface area contributed by atoms with Crippen molar-refractivity contribution in [3.05, 3.63) is 134 Å². The van der Waals surface area contributed by atoms with Gasteiger partial charge < -0.3 is 29.7 Å². The maximum atomic E-state index is 5.24. The van der Waals surface area contributed by atoms with Gasteiger partial charge in [0.25, 0.3) is 0 Å². The molecule has 0 aromatic heterocycles. The predicted molar refractivity (Wildman–Crippen MR) is 210 cm³/mol. The molecule has 0 spiro atoms. The Labute approximate surface area is 320 Å². The van der Waals surface area contributed by atoms with Crippen LogP contribution in [-0.4, -0.2) is 14.2 Å². The van der Waals surface area contributed by atoms with E-state index < -0.39 is 0 Å². The molecule has 0 saturated carbocycles. The maximum absolute atomic E-state index is 5.24. The van der Waals surface area contributed by atoms with Gasteiger partial charge in [0.05, 0.1) is 14.2 Å². The number of halogens is 2. The van der Waals surface area contributed by atoms with Crippen molar-refractivity contribution in [2.24, 2.45) is 0 Å². The summed E-state index contributed by atoms with van der Waals surface area (Å²) in [5, 5.41) is 5.39. The number of hydrogen-bond donors (Lipinski definition) is 0. The molecule has 6 aromatic carbocycles. The number of benzene rings is 4. The van der Waals surface area contributed by atoms with Crippen molar-refractivity contribution in [1.82, 2.24) is 0 Å². The van der Waals surface area contributed by atoms with Crippen LogP contribution >= 0.6 is 24.8 Å². The van der Waals surface area contributed by atoms with Crippen LogP contribution < -0.4 is 9.47 Å². The van der Waals surface area contributed by atoms with Gasteiger partial charge in [0.2, 0.25) is 0 Å². The fraction of sp³-hybridized carbons (Fsp3) is 0.256. The molecule has 6 rings (SSSR count). The van der Waals surface area contributed by atoms with E-state index >= 15 is 0 Å². The van der Waals surface area contributed by atoms with E-state index in [0.717, 1.165) is 17.9 Å². The number of hydrogen-bond acceptors (Lipinski definition) is 2. The Kier molecular flexibility index (Phi) is 20.4. The summed E-state index contributed by atoms with van der Waals surface area (Å²) in [5.74, 6) is 1.80. The second-order valence-corrected chi connectivity index (χ2v) is 11.4. The molecular weight excluding hydrogens is 798 g/mol. The molecule has 0 saturated heterocycles.